The van der Waals surface area contributed by atoms with Gasteiger partial charge >= 0.3 is 0 Å². The molecule has 21 heavy (non-hydrogen) atoms. The molecule has 8 nitrogen and oxygen atoms in total. The largest absolute Gasteiger partial charge is 0.359 e. The van der Waals surface area contributed by atoms with Crippen LogP contribution in [0.15, 0.2) is 44.8 Å². The highest BCUT2D eigenvalue weighted by Gasteiger charge is 2.18. The van der Waals surface area contributed by atoms with Crippen LogP contribution in [0.2, 0.25) is 0 Å². The molecule has 0 atom stereocenters. The van der Waals surface area contributed by atoms with Crippen LogP contribution >= 0.6 is 0 Å². The van der Waals surface area contributed by atoms with Crippen LogP contribution in [0.4, 0.5) is 5.69 Å². The van der Waals surface area contributed by atoms with Gasteiger partial charge in [0.05, 0.1) is 16.0 Å². The fourth-order valence-corrected chi connectivity index (χ4v) is 3.34. The Labute approximate surface area is 122 Å². The summed E-state index contributed by atoms with van der Waals surface area (Å²) in [6.45, 7) is 1.56. The van der Waals surface area contributed by atoms with Crippen molar-refractivity contribution in [3.05, 3.63) is 36.2 Å². The molecule has 1 heterocycles. The minimum absolute atomic E-state index is 0.0230. The lowest BCUT2D eigenvalue weighted by Crippen LogP contribution is -2.19. The van der Waals surface area contributed by atoms with Crippen molar-refractivity contribution < 1.29 is 21.4 Å². The van der Waals surface area contributed by atoms with Gasteiger partial charge in [-0.05, 0) is 38.2 Å². The zero-order valence-corrected chi connectivity index (χ0v) is 12.8. The molecule has 114 valence electrons. The average Bonchev–Trinajstić information content (AvgIpc) is 2.84. The minimum Gasteiger partial charge on any atom is -0.359 e. The summed E-state index contributed by atoms with van der Waals surface area (Å²) in [5.74, 6) is 0.327. The van der Waals surface area contributed by atoms with Crippen molar-refractivity contribution in [3.8, 4) is 0 Å². The van der Waals surface area contributed by atoms with Crippen molar-refractivity contribution in [1.82, 2.24) is 9.88 Å². The average molecular weight is 331 g/mol. The number of hydrogen-bond acceptors (Lipinski definition) is 6. The molecule has 2 N–H and O–H groups in total. The number of anilines is 1. The lowest BCUT2D eigenvalue weighted by molar-refractivity contribution is 0.398. The quantitative estimate of drug-likeness (QED) is 0.832. The van der Waals surface area contributed by atoms with E-state index in [-0.39, 0.29) is 15.5 Å². The number of aryl methyl sites for hydroxylation is 1. The Bertz CT molecular complexity index is 838. The number of rotatable bonds is 5. The van der Waals surface area contributed by atoms with Gasteiger partial charge in [0, 0.05) is 0 Å². The van der Waals surface area contributed by atoms with E-state index in [1.807, 2.05) is 0 Å². The Balaban J connectivity index is 2.32. The SMILES string of the molecule is CNS(=O)(=O)c1ccc(S(=O)(=O)Nc2cnoc2C)cc1. The number of sulfonamides is 2. The monoisotopic (exact) mass is 331 g/mol. The molecule has 2 aromatic rings. The van der Waals surface area contributed by atoms with Gasteiger partial charge in [0.2, 0.25) is 10.0 Å². The predicted octanol–water partition coefficient (Wildman–Crippen LogP) is 0.692. The summed E-state index contributed by atoms with van der Waals surface area (Å²) in [7, 11) is -6.17. The highest BCUT2D eigenvalue weighted by Crippen LogP contribution is 2.20. The third-order valence-corrected chi connectivity index (χ3v) is 5.52. The smallest absolute Gasteiger partial charge is 0.262 e. The van der Waals surface area contributed by atoms with Gasteiger partial charge in [0.1, 0.15) is 5.69 Å². The third kappa shape index (κ3) is 3.23. The van der Waals surface area contributed by atoms with Crippen LogP contribution in [0.25, 0.3) is 0 Å². The molecule has 0 spiro atoms. The fourth-order valence-electron chi connectivity index (χ4n) is 1.52. The zero-order valence-electron chi connectivity index (χ0n) is 11.2. The summed E-state index contributed by atoms with van der Waals surface area (Å²) in [5.41, 5.74) is 0.224. The number of benzene rings is 1. The number of hydrogen-bond donors (Lipinski definition) is 2. The standard InChI is InChI=1S/C11H13N3O5S2/c1-8-11(7-13-19-8)14-21(17,18)10-5-3-9(4-6-10)20(15,16)12-2/h3-7,12,14H,1-2H3. The van der Waals surface area contributed by atoms with E-state index in [4.69, 9.17) is 4.52 Å². The summed E-state index contributed by atoms with van der Waals surface area (Å²) < 4.78 is 56.6. The van der Waals surface area contributed by atoms with Gasteiger partial charge in [0.25, 0.3) is 10.0 Å². The first kappa shape index (κ1) is 15.5. The van der Waals surface area contributed by atoms with Crippen molar-refractivity contribution in [2.75, 3.05) is 11.8 Å². The van der Waals surface area contributed by atoms with Crippen LogP contribution in [-0.4, -0.2) is 29.0 Å². The summed E-state index contributed by atoms with van der Waals surface area (Å²) >= 11 is 0. The van der Waals surface area contributed by atoms with Crippen molar-refractivity contribution >= 4 is 25.7 Å². The molecule has 0 radical (unpaired) electrons. The molecular weight excluding hydrogens is 318 g/mol. The Kier molecular flexibility index (Phi) is 4.03. The molecule has 0 aliphatic heterocycles. The maximum Gasteiger partial charge on any atom is 0.262 e. The van der Waals surface area contributed by atoms with E-state index in [1.54, 1.807) is 6.92 Å². The molecule has 0 aliphatic carbocycles. The first-order valence-electron chi connectivity index (χ1n) is 5.74. The van der Waals surface area contributed by atoms with E-state index in [1.165, 1.54) is 37.5 Å². The minimum atomic E-state index is -3.84. The van der Waals surface area contributed by atoms with Gasteiger partial charge < -0.3 is 4.52 Å². The van der Waals surface area contributed by atoms with Crippen molar-refractivity contribution in [3.63, 3.8) is 0 Å². The molecule has 0 fully saturated rings. The summed E-state index contributed by atoms with van der Waals surface area (Å²) in [4.78, 5) is -0.0942. The normalized spacial score (nSPS) is 12.3. The van der Waals surface area contributed by atoms with Gasteiger partial charge in [-0.25, -0.2) is 21.6 Å². The molecular formula is C11H13N3O5S2. The van der Waals surface area contributed by atoms with Crippen LogP contribution in [0.5, 0.6) is 0 Å². The molecule has 1 aromatic heterocycles. The molecule has 0 unspecified atom stereocenters. The highest BCUT2D eigenvalue weighted by atomic mass is 32.2. The number of aromatic nitrogens is 1. The number of nitrogens with one attached hydrogen (secondary N) is 2. The van der Waals surface area contributed by atoms with Crippen molar-refractivity contribution in [1.29, 1.82) is 0 Å². The molecule has 0 saturated heterocycles. The first-order chi connectivity index (χ1) is 9.76. The van der Waals surface area contributed by atoms with Gasteiger partial charge in [-0.15, -0.1) is 0 Å². The van der Waals surface area contributed by atoms with E-state index in [9.17, 15) is 16.8 Å². The fraction of sp³-hybridized carbons (Fsp3) is 0.182. The zero-order chi connectivity index (χ0) is 15.7. The number of nitrogens with zero attached hydrogens (tertiary/aromatic N) is 1. The molecule has 0 bridgehead atoms. The lowest BCUT2D eigenvalue weighted by Gasteiger charge is -2.07. The Morgan fingerprint density at radius 1 is 1.00 bits per heavy atom. The first-order valence-corrected chi connectivity index (χ1v) is 8.70. The second-order valence-corrected chi connectivity index (χ2v) is 7.65. The molecule has 2 rings (SSSR count). The summed E-state index contributed by atoms with van der Waals surface area (Å²) in [5, 5.41) is 3.47. The Hall–Kier alpha value is -1.91. The molecule has 0 aliphatic rings. The van der Waals surface area contributed by atoms with Gasteiger partial charge in [0.15, 0.2) is 5.76 Å². The Morgan fingerprint density at radius 2 is 1.52 bits per heavy atom. The molecule has 0 amide bonds. The third-order valence-electron chi connectivity index (χ3n) is 2.71. The molecule has 1 aromatic carbocycles. The second kappa shape index (κ2) is 5.47. The topological polar surface area (TPSA) is 118 Å². The van der Waals surface area contributed by atoms with Crippen LogP contribution < -0.4 is 9.44 Å². The van der Waals surface area contributed by atoms with Gasteiger partial charge in [-0.1, -0.05) is 5.16 Å². The molecule has 0 saturated carbocycles. The Morgan fingerprint density at radius 3 is 1.95 bits per heavy atom. The van der Waals surface area contributed by atoms with E-state index >= 15 is 0 Å². The van der Waals surface area contributed by atoms with Crippen LogP contribution in [0.3, 0.4) is 0 Å². The van der Waals surface area contributed by atoms with Gasteiger partial charge in [-0.3, -0.25) is 4.72 Å². The van der Waals surface area contributed by atoms with Gasteiger partial charge in [-0.2, -0.15) is 0 Å². The van der Waals surface area contributed by atoms with E-state index < -0.39 is 20.0 Å². The summed E-state index contributed by atoms with van der Waals surface area (Å²) in [6.07, 6.45) is 1.24. The van der Waals surface area contributed by atoms with E-state index in [0.717, 1.165) is 0 Å². The highest BCUT2D eigenvalue weighted by molar-refractivity contribution is 7.92. The van der Waals surface area contributed by atoms with E-state index in [2.05, 4.69) is 14.6 Å². The predicted molar refractivity (Wildman–Crippen MR) is 74.7 cm³/mol. The summed E-state index contributed by atoms with van der Waals surface area (Å²) in [6, 6.07) is 4.83. The van der Waals surface area contributed by atoms with Crippen LogP contribution in [0, 0.1) is 6.92 Å². The molecule has 10 heteroatoms. The second-order valence-electron chi connectivity index (χ2n) is 4.08. The maximum absolute atomic E-state index is 12.1. The maximum atomic E-state index is 12.1. The van der Waals surface area contributed by atoms with Crippen LogP contribution in [-0.2, 0) is 20.0 Å². The lowest BCUT2D eigenvalue weighted by atomic mass is 10.4. The van der Waals surface area contributed by atoms with Crippen molar-refractivity contribution in [2.45, 2.75) is 16.7 Å². The van der Waals surface area contributed by atoms with E-state index in [0.29, 0.717) is 5.76 Å². The van der Waals surface area contributed by atoms with Crippen molar-refractivity contribution in [2.24, 2.45) is 0 Å². The van der Waals surface area contributed by atoms with Crippen LogP contribution in [0.1, 0.15) is 5.76 Å².